The highest BCUT2D eigenvalue weighted by atomic mass is 16.5. The molecule has 0 aromatic rings. The third kappa shape index (κ3) is 4.41. The number of piperidine rings is 1. The zero-order chi connectivity index (χ0) is 14.5. The molecule has 3 aliphatic rings. The zero-order valence-electron chi connectivity index (χ0n) is 13.2. The molecule has 3 atom stereocenters. The number of aliphatic hydroxyl groups is 1. The SMILES string of the molecule is OC1CCCCC1N1CCC(OCC2CCCCO2)CC1. The van der Waals surface area contributed by atoms with Gasteiger partial charge < -0.3 is 14.6 Å². The molecule has 2 saturated heterocycles. The third-order valence-corrected chi connectivity index (χ3v) is 5.43. The molecule has 2 aliphatic heterocycles. The molecule has 1 N–H and O–H groups in total. The summed E-state index contributed by atoms with van der Waals surface area (Å²) in [6.07, 6.45) is 11.1. The summed E-state index contributed by atoms with van der Waals surface area (Å²) >= 11 is 0. The van der Waals surface area contributed by atoms with E-state index in [9.17, 15) is 5.11 Å². The van der Waals surface area contributed by atoms with Gasteiger partial charge in [-0.3, -0.25) is 4.90 Å². The Labute approximate surface area is 128 Å². The Morgan fingerprint density at radius 3 is 2.43 bits per heavy atom. The fourth-order valence-electron chi connectivity index (χ4n) is 4.07. The van der Waals surface area contributed by atoms with E-state index in [-0.39, 0.29) is 6.10 Å². The number of aliphatic hydroxyl groups excluding tert-OH is 1. The van der Waals surface area contributed by atoms with Crippen LogP contribution in [0.25, 0.3) is 0 Å². The second-order valence-electron chi connectivity index (χ2n) is 6.98. The maximum Gasteiger partial charge on any atom is 0.0808 e. The van der Waals surface area contributed by atoms with Crippen LogP contribution < -0.4 is 0 Å². The van der Waals surface area contributed by atoms with E-state index in [1.54, 1.807) is 0 Å². The second-order valence-corrected chi connectivity index (χ2v) is 6.98. The van der Waals surface area contributed by atoms with Gasteiger partial charge in [-0.1, -0.05) is 12.8 Å². The Morgan fingerprint density at radius 1 is 0.952 bits per heavy atom. The predicted octanol–water partition coefficient (Wildman–Crippen LogP) is 2.34. The number of hydrogen-bond acceptors (Lipinski definition) is 4. The van der Waals surface area contributed by atoms with Crippen LogP contribution in [0.3, 0.4) is 0 Å². The van der Waals surface area contributed by atoms with Gasteiger partial charge in [0.1, 0.15) is 0 Å². The Balaban J connectivity index is 1.36. The van der Waals surface area contributed by atoms with Crippen LogP contribution in [0, 0.1) is 0 Å². The first-order chi connectivity index (χ1) is 10.3. The largest absolute Gasteiger partial charge is 0.391 e. The summed E-state index contributed by atoms with van der Waals surface area (Å²) in [7, 11) is 0. The van der Waals surface area contributed by atoms with Crippen molar-refractivity contribution in [1.82, 2.24) is 4.90 Å². The van der Waals surface area contributed by atoms with Crippen molar-refractivity contribution < 1.29 is 14.6 Å². The lowest BCUT2D eigenvalue weighted by molar-refractivity contribution is -0.0828. The molecular formula is C17H31NO3. The van der Waals surface area contributed by atoms with Crippen LogP contribution in [0.2, 0.25) is 0 Å². The Kier molecular flexibility index (Phi) is 5.92. The van der Waals surface area contributed by atoms with Crippen molar-refractivity contribution in [2.45, 2.75) is 82.1 Å². The molecule has 0 aromatic carbocycles. The molecule has 4 heteroatoms. The van der Waals surface area contributed by atoms with Crippen LogP contribution in [0.5, 0.6) is 0 Å². The summed E-state index contributed by atoms with van der Waals surface area (Å²) in [5, 5.41) is 10.2. The van der Waals surface area contributed by atoms with Gasteiger partial charge in [-0.25, -0.2) is 0 Å². The number of ether oxygens (including phenoxy) is 2. The van der Waals surface area contributed by atoms with Crippen molar-refractivity contribution in [3.8, 4) is 0 Å². The van der Waals surface area contributed by atoms with Gasteiger partial charge in [-0.05, 0) is 44.9 Å². The molecule has 0 radical (unpaired) electrons. The number of rotatable bonds is 4. The van der Waals surface area contributed by atoms with Gasteiger partial charge in [-0.2, -0.15) is 0 Å². The van der Waals surface area contributed by atoms with Crippen molar-refractivity contribution in [1.29, 1.82) is 0 Å². The van der Waals surface area contributed by atoms with E-state index in [0.717, 1.165) is 52.0 Å². The van der Waals surface area contributed by atoms with E-state index in [0.29, 0.717) is 18.2 Å². The van der Waals surface area contributed by atoms with Crippen molar-refractivity contribution >= 4 is 0 Å². The van der Waals surface area contributed by atoms with Crippen LogP contribution >= 0.6 is 0 Å². The Bertz CT molecular complexity index is 298. The van der Waals surface area contributed by atoms with E-state index in [2.05, 4.69) is 4.90 Å². The molecule has 3 unspecified atom stereocenters. The number of hydrogen-bond donors (Lipinski definition) is 1. The lowest BCUT2D eigenvalue weighted by Crippen LogP contribution is -2.50. The fraction of sp³-hybridized carbons (Fsp3) is 1.00. The lowest BCUT2D eigenvalue weighted by atomic mass is 9.90. The van der Waals surface area contributed by atoms with E-state index in [1.165, 1.54) is 32.1 Å². The first-order valence-corrected chi connectivity index (χ1v) is 8.98. The molecule has 1 aliphatic carbocycles. The lowest BCUT2D eigenvalue weighted by Gasteiger charge is -2.41. The second kappa shape index (κ2) is 7.91. The first kappa shape index (κ1) is 15.7. The first-order valence-electron chi connectivity index (χ1n) is 8.98. The van der Waals surface area contributed by atoms with Crippen LogP contribution in [-0.2, 0) is 9.47 Å². The van der Waals surface area contributed by atoms with Gasteiger partial charge in [0.15, 0.2) is 0 Å². The summed E-state index contributed by atoms with van der Waals surface area (Å²) in [5.41, 5.74) is 0. The predicted molar refractivity (Wildman–Crippen MR) is 82.4 cm³/mol. The monoisotopic (exact) mass is 297 g/mol. The Hall–Kier alpha value is -0.160. The zero-order valence-corrected chi connectivity index (χ0v) is 13.2. The minimum atomic E-state index is -0.105. The van der Waals surface area contributed by atoms with Crippen LogP contribution in [0.4, 0.5) is 0 Å². The third-order valence-electron chi connectivity index (χ3n) is 5.43. The van der Waals surface area contributed by atoms with Gasteiger partial charge in [0.2, 0.25) is 0 Å². The van der Waals surface area contributed by atoms with Crippen LogP contribution in [-0.4, -0.2) is 60.7 Å². The van der Waals surface area contributed by atoms with Crippen molar-refractivity contribution in [2.75, 3.05) is 26.3 Å². The molecule has 0 amide bonds. The summed E-state index contributed by atoms with van der Waals surface area (Å²) < 4.78 is 11.8. The van der Waals surface area contributed by atoms with Crippen molar-refractivity contribution in [3.05, 3.63) is 0 Å². The molecule has 0 bridgehead atoms. The van der Waals surface area contributed by atoms with Gasteiger partial charge in [0, 0.05) is 25.7 Å². The quantitative estimate of drug-likeness (QED) is 0.865. The average Bonchev–Trinajstić information content (AvgIpc) is 2.55. The van der Waals surface area contributed by atoms with E-state index >= 15 is 0 Å². The van der Waals surface area contributed by atoms with E-state index < -0.39 is 0 Å². The normalized spacial score (nSPS) is 36.7. The van der Waals surface area contributed by atoms with Crippen molar-refractivity contribution in [2.24, 2.45) is 0 Å². The van der Waals surface area contributed by atoms with Gasteiger partial charge in [-0.15, -0.1) is 0 Å². The summed E-state index contributed by atoms with van der Waals surface area (Å²) in [4.78, 5) is 2.50. The highest BCUT2D eigenvalue weighted by molar-refractivity contribution is 4.86. The summed E-state index contributed by atoms with van der Waals surface area (Å²) in [5.74, 6) is 0. The minimum absolute atomic E-state index is 0.105. The summed E-state index contributed by atoms with van der Waals surface area (Å²) in [6, 6.07) is 0.404. The molecule has 122 valence electrons. The van der Waals surface area contributed by atoms with Crippen molar-refractivity contribution in [3.63, 3.8) is 0 Å². The average molecular weight is 297 g/mol. The van der Waals surface area contributed by atoms with Gasteiger partial charge in [0.05, 0.1) is 24.9 Å². The minimum Gasteiger partial charge on any atom is -0.391 e. The molecule has 3 rings (SSSR count). The molecule has 4 nitrogen and oxygen atoms in total. The molecular weight excluding hydrogens is 266 g/mol. The highest BCUT2D eigenvalue weighted by Gasteiger charge is 2.31. The summed E-state index contributed by atoms with van der Waals surface area (Å²) in [6.45, 7) is 3.85. The standard InChI is InChI=1S/C17H31NO3/c19-17-7-2-1-6-16(17)18-10-8-14(9-11-18)21-13-15-5-3-4-12-20-15/h14-17,19H,1-13H2. The van der Waals surface area contributed by atoms with Crippen LogP contribution in [0.1, 0.15) is 57.8 Å². The fourth-order valence-corrected chi connectivity index (χ4v) is 4.07. The molecule has 0 spiro atoms. The topological polar surface area (TPSA) is 41.9 Å². The molecule has 3 fully saturated rings. The maximum atomic E-state index is 10.2. The maximum absolute atomic E-state index is 10.2. The number of likely N-dealkylation sites (tertiary alicyclic amines) is 1. The number of nitrogens with zero attached hydrogens (tertiary/aromatic N) is 1. The van der Waals surface area contributed by atoms with E-state index in [1.807, 2.05) is 0 Å². The van der Waals surface area contributed by atoms with Gasteiger partial charge in [0.25, 0.3) is 0 Å². The molecule has 2 heterocycles. The Morgan fingerprint density at radius 2 is 1.71 bits per heavy atom. The van der Waals surface area contributed by atoms with E-state index in [4.69, 9.17) is 9.47 Å². The van der Waals surface area contributed by atoms with Crippen LogP contribution in [0.15, 0.2) is 0 Å². The van der Waals surface area contributed by atoms with Gasteiger partial charge >= 0.3 is 0 Å². The molecule has 21 heavy (non-hydrogen) atoms. The molecule has 0 aromatic heterocycles. The molecule has 1 saturated carbocycles. The highest BCUT2D eigenvalue weighted by Crippen LogP contribution is 2.26. The smallest absolute Gasteiger partial charge is 0.0808 e.